The van der Waals surface area contributed by atoms with Crippen molar-refractivity contribution in [3.8, 4) is 0 Å². The van der Waals surface area contributed by atoms with E-state index in [0.29, 0.717) is 11.1 Å². The highest BCUT2D eigenvalue weighted by Crippen LogP contribution is 2.23. The fourth-order valence-electron chi connectivity index (χ4n) is 3.48. The smallest absolute Gasteiger partial charge is 0.255 e. The molecule has 4 heteroatoms. The first-order valence-corrected chi connectivity index (χ1v) is 10.2. The summed E-state index contributed by atoms with van der Waals surface area (Å²) < 4.78 is 0. The molecule has 1 fully saturated rings. The lowest BCUT2D eigenvalue weighted by Gasteiger charge is -2.20. The van der Waals surface area contributed by atoms with Crippen LogP contribution in [-0.2, 0) is 5.41 Å². The van der Waals surface area contributed by atoms with Crippen LogP contribution in [0, 0.1) is 0 Å². The zero-order valence-electron chi connectivity index (χ0n) is 17.1. The minimum Gasteiger partial charge on any atom is -0.339 e. The highest BCUT2D eigenvalue weighted by Gasteiger charge is 2.18. The molecule has 0 aromatic heterocycles. The Balaban J connectivity index is 1.64. The Bertz CT molecular complexity index is 809. The van der Waals surface area contributed by atoms with Gasteiger partial charge in [-0.1, -0.05) is 45.7 Å². The molecule has 0 radical (unpaired) electrons. The van der Waals surface area contributed by atoms with Crippen molar-refractivity contribution >= 4 is 17.5 Å². The number of anilines is 1. The lowest BCUT2D eigenvalue weighted by Crippen LogP contribution is -2.31. The molecule has 0 saturated carbocycles. The standard InChI is InChI=1S/C24H30N2O2/c1-24(2,3)20-12-14-21(15-13-20)25-22(27)18-8-10-19(11-9-18)23(28)26-16-6-4-5-7-17-26/h8-15H,4-7,16-17H2,1-3H3,(H,25,27). The van der Waals surface area contributed by atoms with Gasteiger partial charge in [-0.15, -0.1) is 0 Å². The maximum atomic E-state index is 12.7. The molecule has 0 bridgehead atoms. The molecule has 1 heterocycles. The molecule has 2 aromatic rings. The molecular weight excluding hydrogens is 348 g/mol. The van der Waals surface area contributed by atoms with Crippen LogP contribution < -0.4 is 5.32 Å². The fourth-order valence-corrected chi connectivity index (χ4v) is 3.48. The number of carbonyl (C=O) groups excluding carboxylic acids is 2. The van der Waals surface area contributed by atoms with Gasteiger partial charge in [-0.05, 0) is 60.2 Å². The molecule has 2 aromatic carbocycles. The zero-order valence-corrected chi connectivity index (χ0v) is 17.1. The van der Waals surface area contributed by atoms with E-state index in [9.17, 15) is 9.59 Å². The molecule has 2 amide bonds. The number of hydrogen-bond acceptors (Lipinski definition) is 2. The number of likely N-dealkylation sites (tertiary alicyclic amines) is 1. The van der Waals surface area contributed by atoms with Gasteiger partial charge in [0.25, 0.3) is 11.8 Å². The van der Waals surface area contributed by atoms with Gasteiger partial charge < -0.3 is 10.2 Å². The monoisotopic (exact) mass is 378 g/mol. The molecule has 0 atom stereocenters. The minimum absolute atomic E-state index is 0.0617. The van der Waals surface area contributed by atoms with Crippen LogP contribution in [0.3, 0.4) is 0 Å². The average molecular weight is 379 g/mol. The third kappa shape index (κ3) is 5.00. The Morgan fingerprint density at radius 2 is 1.32 bits per heavy atom. The van der Waals surface area contributed by atoms with Gasteiger partial charge in [0.05, 0.1) is 0 Å². The number of amides is 2. The maximum Gasteiger partial charge on any atom is 0.255 e. The summed E-state index contributed by atoms with van der Waals surface area (Å²) in [5.41, 5.74) is 3.27. The van der Waals surface area contributed by atoms with Crippen molar-refractivity contribution in [2.45, 2.75) is 51.9 Å². The Hall–Kier alpha value is -2.62. The fraction of sp³-hybridized carbons (Fsp3) is 0.417. The molecule has 4 nitrogen and oxygen atoms in total. The first-order chi connectivity index (χ1) is 13.3. The summed E-state index contributed by atoms with van der Waals surface area (Å²) in [4.78, 5) is 27.1. The van der Waals surface area contributed by atoms with E-state index < -0.39 is 0 Å². The maximum absolute atomic E-state index is 12.7. The Kier molecular flexibility index (Phi) is 6.18. The lowest BCUT2D eigenvalue weighted by molar-refractivity contribution is 0.0761. The summed E-state index contributed by atoms with van der Waals surface area (Å²) in [7, 11) is 0. The molecule has 0 aliphatic carbocycles. The SMILES string of the molecule is CC(C)(C)c1ccc(NC(=O)c2ccc(C(=O)N3CCCCCC3)cc2)cc1. The van der Waals surface area contributed by atoms with Crippen LogP contribution in [0.25, 0.3) is 0 Å². The van der Waals surface area contributed by atoms with Crippen molar-refractivity contribution in [2.75, 3.05) is 18.4 Å². The summed E-state index contributed by atoms with van der Waals surface area (Å²) in [6.45, 7) is 8.14. The molecule has 0 spiro atoms. The summed E-state index contributed by atoms with van der Waals surface area (Å²) in [5, 5.41) is 2.92. The molecule has 1 saturated heterocycles. The number of nitrogens with one attached hydrogen (secondary N) is 1. The van der Waals surface area contributed by atoms with Gasteiger partial charge in [-0.2, -0.15) is 0 Å². The van der Waals surface area contributed by atoms with E-state index in [1.165, 1.54) is 18.4 Å². The number of hydrogen-bond donors (Lipinski definition) is 1. The molecule has 1 aliphatic rings. The lowest BCUT2D eigenvalue weighted by atomic mass is 9.87. The van der Waals surface area contributed by atoms with Gasteiger partial charge in [0.1, 0.15) is 0 Å². The molecule has 1 N–H and O–H groups in total. The largest absolute Gasteiger partial charge is 0.339 e. The van der Waals surface area contributed by atoms with E-state index in [1.807, 2.05) is 29.2 Å². The predicted molar refractivity (Wildman–Crippen MR) is 114 cm³/mol. The van der Waals surface area contributed by atoms with Crippen LogP contribution in [-0.4, -0.2) is 29.8 Å². The van der Waals surface area contributed by atoms with E-state index in [-0.39, 0.29) is 17.2 Å². The van der Waals surface area contributed by atoms with Crippen molar-refractivity contribution in [2.24, 2.45) is 0 Å². The van der Waals surface area contributed by atoms with E-state index in [2.05, 4.69) is 26.1 Å². The third-order valence-electron chi connectivity index (χ3n) is 5.30. The predicted octanol–water partition coefficient (Wildman–Crippen LogP) is 5.25. The summed E-state index contributed by atoms with van der Waals surface area (Å²) >= 11 is 0. The van der Waals surface area contributed by atoms with Gasteiger partial charge >= 0.3 is 0 Å². The highest BCUT2D eigenvalue weighted by molar-refractivity contribution is 6.05. The molecule has 28 heavy (non-hydrogen) atoms. The van der Waals surface area contributed by atoms with Crippen molar-refractivity contribution < 1.29 is 9.59 Å². The van der Waals surface area contributed by atoms with Crippen LogP contribution in [0.5, 0.6) is 0 Å². The summed E-state index contributed by atoms with van der Waals surface area (Å²) in [5.74, 6) is -0.107. The molecule has 3 rings (SSSR count). The number of benzene rings is 2. The van der Waals surface area contributed by atoms with E-state index in [1.54, 1.807) is 24.3 Å². The zero-order chi connectivity index (χ0) is 20.1. The van der Waals surface area contributed by atoms with E-state index in [4.69, 9.17) is 0 Å². The summed E-state index contributed by atoms with van der Waals surface area (Å²) in [6, 6.07) is 14.9. The van der Waals surface area contributed by atoms with Crippen LogP contribution >= 0.6 is 0 Å². The second-order valence-corrected chi connectivity index (χ2v) is 8.57. The molecule has 0 unspecified atom stereocenters. The second kappa shape index (κ2) is 8.59. The molecular formula is C24H30N2O2. The topological polar surface area (TPSA) is 49.4 Å². The van der Waals surface area contributed by atoms with Crippen molar-refractivity contribution in [1.82, 2.24) is 4.90 Å². The minimum atomic E-state index is -0.169. The van der Waals surface area contributed by atoms with Crippen molar-refractivity contribution in [1.29, 1.82) is 0 Å². The first kappa shape index (κ1) is 20.1. The number of nitrogens with zero attached hydrogens (tertiary/aromatic N) is 1. The van der Waals surface area contributed by atoms with Gasteiger partial charge in [0.15, 0.2) is 0 Å². The van der Waals surface area contributed by atoms with Gasteiger partial charge in [0.2, 0.25) is 0 Å². The van der Waals surface area contributed by atoms with E-state index >= 15 is 0 Å². The average Bonchev–Trinajstić information content (AvgIpc) is 2.97. The first-order valence-electron chi connectivity index (χ1n) is 10.2. The van der Waals surface area contributed by atoms with Gasteiger partial charge in [-0.25, -0.2) is 0 Å². The van der Waals surface area contributed by atoms with Crippen molar-refractivity contribution in [3.63, 3.8) is 0 Å². The van der Waals surface area contributed by atoms with Crippen LogP contribution in [0.2, 0.25) is 0 Å². The summed E-state index contributed by atoms with van der Waals surface area (Å²) in [6.07, 6.45) is 4.53. The normalized spacial score (nSPS) is 15.0. The van der Waals surface area contributed by atoms with Crippen molar-refractivity contribution in [3.05, 3.63) is 65.2 Å². The molecule has 1 aliphatic heterocycles. The quantitative estimate of drug-likeness (QED) is 0.793. The van der Waals surface area contributed by atoms with Gasteiger partial charge in [-0.3, -0.25) is 9.59 Å². The molecule has 148 valence electrons. The number of rotatable bonds is 3. The van der Waals surface area contributed by atoms with Crippen LogP contribution in [0.4, 0.5) is 5.69 Å². The van der Waals surface area contributed by atoms with Crippen LogP contribution in [0.15, 0.2) is 48.5 Å². The van der Waals surface area contributed by atoms with Gasteiger partial charge in [0, 0.05) is 29.9 Å². The Labute approximate surface area is 167 Å². The van der Waals surface area contributed by atoms with E-state index in [0.717, 1.165) is 31.6 Å². The Morgan fingerprint density at radius 1 is 0.786 bits per heavy atom. The Morgan fingerprint density at radius 3 is 1.86 bits per heavy atom. The van der Waals surface area contributed by atoms with Crippen LogP contribution in [0.1, 0.15) is 72.7 Å². The number of carbonyl (C=O) groups is 2. The second-order valence-electron chi connectivity index (χ2n) is 8.57. The third-order valence-corrected chi connectivity index (χ3v) is 5.30. The highest BCUT2D eigenvalue weighted by atomic mass is 16.2.